The normalized spacial score (nSPS) is 11.9. The number of nitrogens with zero attached hydrogens (tertiary/aromatic N) is 3. The lowest BCUT2D eigenvalue weighted by Gasteiger charge is -2.14. The molecular formula is C17H22F4IN5. The van der Waals surface area contributed by atoms with E-state index in [9.17, 15) is 17.6 Å². The lowest BCUT2D eigenvalue weighted by molar-refractivity contribution is -0.138. The Hall–Kier alpha value is -1.85. The van der Waals surface area contributed by atoms with Crippen molar-refractivity contribution >= 4 is 29.9 Å². The molecule has 1 aromatic carbocycles. The van der Waals surface area contributed by atoms with E-state index in [1.54, 1.807) is 10.9 Å². The Bertz CT molecular complexity index is 758. The van der Waals surface area contributed by atoms with E-state index in [4.69, 9.17) is 0 Å². The smallest absolute Gasteiger partial charge is 0.357 e. The number of aromatic nitrogens is 2. The fourth-order valence-corrected chi connectivity index (χ4v) is 2.33. The van der Waals surface area contributed by atoms with E-state index in [2.05, 4.69) is 20.7 Å². The van der Waals surface area contributed by atoms with E-state index in [0.717, 1.165) is 17.7 Å². The highest BCUT2D eigenvalue weighted by molar-refractivity contribution is 14.0. The van der Waals surface area contributed by atoms with Crippen LogP contribution in [0.4, 0.5) is 17.6 Å². The summed E-state index contributed by atoms with van der Waals surface area (Å²) in [5.74, 6) is -0.543. The number of hydrogen-bond donors (Lipinski definition) is 2. The number of benzene rings is 1. The molecule has 0 unspecified atom stereocenters. The van der Waals surface area contributed by atoms with Crippen molar-refractivity contribution < 1.29 is 17.6 Å². The molecule has 0 aliphatic rings. The number of guanidine groups is 1. The molecule has 5 nitrogen and oxygen atoms in total. The van der Waals surface area contributed by atoms with Crippen LogP contribution >= 0.6 is 24.0 Å². The summed E-state index contributed by atoms with van der Waals surface area (Å²) >= 11 is 0. The maximum absolute atomic E-state index is 13.2. The SMILES string of the molecule is CCNC(=NCc1ccc(F)cc1C(F)(F)F)NCCn1cc(C)cn1.I. The molecule has 0 saturated carbocycles. The number of halogens is 5. The van der Waals surface area contributed by atoms with Crippen LogP contribution in [0.25, 0.3) is 0 Å². The van der Waals surface area contributed by atoms with Gasteiger partial charge in [0.15, 0.2) is 5.96 Å². The monoisotopic (exact) mass is 499 g/mol. The highest BCUT2D eigenvalue weighted by Gasteiger charge is 2.33. The van der Waals surface area contributed by atoms with Gasteiger partial charge >= 0.3 is 6.18 Å². The molecule has 2 rings (SSSR count). The van der Waals surface area contributed by atoms with Crippen molar-refractivity contribution in [3.05, 3.63) is 53.1 Å². The summed E-state index contributed by atoms with van der Waals surface area (Å²) in [7, 11) is 0. The molecule has 1 aromatic heterocycles. The summed E-state index contributed by atoms with van der Waals surface area (Å²) in [5, 5.41) is 10.2. The van der Waals surface area contributed by atoms with Crippen LogP contribution in [0, 0.1) is 12.7 Å². The number of nitrogens with one attached hydrogen (secondary N) is 2. The van der Waals surface area contributed by atoms with Crippen LogP contribution in [-0.2, 0) is 19.3 Å². The van der Waals surface area contributed by atoms with Gasteiger partial charge in [-0.1, -0.05) is 6.07 Å². The third kappa shape index (κ3) is 7.35. The van der Waals surface area contributed by atoms with Crippen LogP contribution < -0.4 is 10.6 Å². The summed E-state index contributed by atoms with van der Waals surface area (Å²) < 4.78 is 54.0. The number of aryl methyl sites for hydroxylation is 1. The molecule has 10 heteroatoms. The highest BCUT2D eigenvalue weighted by Crippen LogP contribution is 2.32. The van der Waals surface area contributed by atoms with Crippen LogP contribution in [0.1, 0.15) is 23.6 Å². The first kappa shape index (κ1) is 23.2. The summed E-state index contributed by atoms with van der Waals surface area (Å²) in [6.45, 7) is 5.22. The lowest BCUT2D eigenvalue weighted by Crippen LogP contribution is -2.39. The van der Waals surface area contributed by atoms with Crippen LogP contribution in [-0.4, -0.2) is 28.8 Å². The first-order valence-electron chi connectivity index (χ1n) is 8.16. The third-order valence-corrected chi connectivity index (χ3v) is 3.52. The molecular weight excluding hydrogens is 477 g/mol. The van der Waals surface area contributed by atoms with Gasteiger partial charge in [-0.2, -0.15) is 18.3 Å². The van der Waals surface area contributed by atoms with Gasteiger partial charge in [-0.05, 0) is 37.1 Å². The third-order valence-electron chi connectivity index (χ3n) is 3.52. The van der Waals surface area contributed by atoms with Gasteiger partial charge in [0.1, 0.15) is 5.82 Å². The second kappa shape index (κ2) is 10.5. The average Bonchev–Trinajstić information content (AvgIpc) is 2.98. The molecule has 0 spiro atoms. The van der Waals surface area contributed by atoms with Crippen molar-refractivity contribution in [2.75, 3.05) is 13.1 Å². The Labute approximate surface area is 172 Å². The van der Waals surface area contributed by atoms with Crippen molar-refractivity contribution in [2.45, 2.75) is 33.1 Å². The molecule has 0 aliphatic heterocycles. The zero-order valence-corrected chi connectivity index (χ0v) is 17.3. The molecule has 0 amide bonds. The Morgan fingerprint density at radius 1 is 1.26 bits per heavy atom. The summed E-state index contributed by atoms with van der Waals surface area (Å²) in [6, 6.07) is 2.60. The largest absolute Gasteiger partial charge is 0.416 e. The van der Waals surface area contributed by atoms with Gasteiger partial charge < -0.3 is 10.6 Å². The first-order chi connectivity index (χ1) is 12.3. The number of aliphatic imine (C=N–C) groups is 1. The van der Waals surface area contributed by atoms with Crippen LogP contribution in [0.3, 0.4) is 0 Å². The molecule has 2 N–H and O–H groups in total. The minimum absolute atomic E-state index is 0. The summed E-state index contributed by atoms with van der Waals surface area (Å²) in [6.07, 6.45) is -0.997. The summed E-state index contributed by atoms with van der Waals surface area (Å²) in [5.41, 5.74) is -0.0514. The molecule has 0 saturated heterocycles. The fraction of sp³-hybridized carbons (Fsp3) is 0.412. The predicted molar refractivity (Wildman–Crippen MR) is 107 cm³/mol. The minimum atomic E-state index is -4.63. The van der Waals surface area contributed by atoms with Crippen LogP contribution in [0.2, 0.25) is 0 Å². The average molecular weight is 499 g/mol. The molecule has 0 bridgehead atoms. The van der Waals surface area contributed by atoms with E-state index in [1.165, 1.54) is 0 Å². The van der Waals surface area contributed by atoms with Gasteiger partial charge in [0.25, 0.3) is 0 Å². The van der Waals surface area contributed by atoms with Gasteiger partial charge in [0.05, 0.1) is 24.8 Å². The standard InChI is InChI=1S/C17H21F4N5.HI/c1-3-22-16(23-6-7-26-11-12(2)9-25-26)24-10-13-4-5-14(18)8-15(13)17(19,20)21;/h4-5,8-9,11H,3,6-7,10H2,1-2H3,(H2,22,23,24);1H. The molecule has 1 heterocycles. The minimum Gasteiger partial charge on any atom is -0.357 e. The van der Waals surface area contributed by atoms with E-state index >= 15 is 0 Å². The number of alkyl halides is 3. The second-order valence-corrected chi connectivity index (χ2v) is 5.70. The molecule has 0 aliphatic carbocycles. The zero-order chi connectivity index (χ0) is 19.2. The molecule has 0 radical (unpaired) electrons. The van der Waals surface area contributed by atoms with Gasteiger partial charge in [-0.25, -0.2) is 9.38 Å². The molecule has 0 fully saturated rings. The van der Waals surface area contributed by atoms with E-state index in [0.29, 0.717) is 31.7 Å². The van der Waals surface area contributed by atoms with Crippen molar-refractivity contribution in [3.63, 3.8) is 0 Å². The van der Waals surface area contributed by atoms with E-state index in [-0.39, 0.29) is 36.1 Å². The number of rotatable bonds is 6. The predicted octanol–water partition coefficient (Wildman–Crippen LogP) is 3.72. The van der Waals surface area contributed by atoms with Crippen molar-refractivity contribution in [2.24, 2.45) is 4.99 Å². The second-order valence-electron chi connectivity index (χ2n) is 5.70. The molecule has 0 atom stereocenters. The maximum Gasteiger partial charge on any atom is 0.416 e. The molecule has 150 valence electrons. The van der Waals surface area contributed by atoms with Crippen LogP contribution in [0.15, 0.2) is 35.6 Å². The Morgan fingerprint density at radius 3 is 2.59 bits per heavy atom. The maximum atomic E-state index is 13.2. The summed E-state index contributed by atoms with van der Waals surface area (Å²) in [4.78, 5) is 4.17. The van der Waals surface area contributed by atoms with Crippen molar-refractivity contribution in [1.82, 2.24) is 20.4 Å². The van der Waals surface area contributed by atoms with Crippen molar-refractivity contribution in [3.8, 4) is 0 Å². The van der Waals surface area contributed by atoms with Gasteiger partial charge in [-0.3, -0.25) is 4.68 Å². The molecule has 27 heavy (non-hydrogen) atoms. The quantitative estimate of drug-likeness (QED) is 0.276. The van der Waals surface area contributed by atoms with Gasteiger partial charge in [0.2, 0.25) is 0 Å². The first-order valence-corrected chi connectivity index (χ1v) is 8.16. The van der Waals surface area contributed by atoms with Gasteiger partial charge in [0, 0.05) is 19.3 Å². The fourth-order valence-electron chi connectivity index (χ4n) is 2.33. The Morgan fingerprint density at radius 2 is 2.00 bits per heavy atom. The number of hydrogen-bond acceptors (Lipinski definition) is 2. The van der Waals surface area contributed by atoms with Gasteiger partial charge in [-0.15, -0.1) is 24.0 Å². The highest BCUT2D eigenvalue weighted by atomic mass is 127. The lowest BCUT2D eigenvalue weighted by atomic mass is 10.1. The van der Waals surface area contributed by atoms with E-state index < -0.39 is 17.6 Å². The molecule has 2 aromatic rings. The van der Waals surface area contributed by atoms with E-state index in [1.807, 2.05) is 20.0 Å². The Balaban J connectivity index is 0.00000364. The van der Waals surface area contributed by atoms with Crippen LogP contribution in [0.5, 0.6) is 0 Å². The zero-order valence-electron chi connectivity index (χ0n) is 15.0. The topological polar surface area (TPSA) is 54.2 Å². The Kier molecular flexibility index (Phi) is 9.00. The van der Waals surface area contributed by atoms with Crippen molar-refractivity contribution in [1.29, 1.82) is 0 Å².